The van der Waals surface area contributed by atoms with Gasteiger partial charge in [0.1, 0.15) is 0 Å². The second-order valence-corrected chi connectivity index (χ2v) is 4.25. The molecule has 0 unspecified atom stereocenters. The van der Waals surface area contributed by atoms with Gasteiger partial charge in [-0.15, -0.1) is 0 Å². The van der Waals surface area contributed by atoms with Gasteiger partial charge in [-0.25, -0.2) is 0 Å². The summed E-state index contributed by atoms with van der Waals surface area (Å²) in [6, 6.07) is 0. The minimum absolute atomic E-state index is 0.438. The van der Waals surface area contributed by atoms with E-state index in [0.29, 0.717) is 5.41 Å². The maximum atomic E-state index is 5.07. The second-order valence-electron chi connectivity index (χ2n) is 4.25. The molecule has 1 nitrogen and oxygen atoms in total. The predicted molar refractivity (Wildman–Crippen MR) is 49.7 cm³/mol. The van der Waals surface area contributed by atoms with Gasteiger partial charge in [-0.1, -0.05) is 34.1 Å². The molecule has 1 heteroatoms. The van der Waals surface area contributed by atoms with Crippen LogP contribution in [0, 0.1) is 11.3 Å². The van der Waals surface area contributed by atoms with Gasteiger partial charge >= 0.3 is 0 Å². The van der Waals surface area contributed by atoms with E-state index in [-0.39, 0.29) is 0 Å². The lowest BCUT2D eigenvalue weighted by Crippen LogP contribution is -2.21. The smallest absolute Gasteiger partial charge is 0.0465 e. The summed E-state index contributed by atoms with van der Waals surface area (Å²) in [5, 5.41) is 0. The van der Waals surface area contributed by atoms with E-state index in [9.17, 15) is 0 Å². The Morgan fingerprint density at radius 1 is 1.27 bits per heavy atom. The van der Waals surface area contributed by atoms with Crippen molar-refractivity contribution in [1.29, 1.82) is 0 Å². The maximum Gasteiger partial charge on any atom is 0.0465 e. The Kier molecular flexibility index (Phi) is 4.74. The summed E-state index contributed by atoms with van der Waals surface area (Å²) in [5.41, 5.74) is 0.438. The molecule has 0 radical (unpaired) electrons. The first-order chi connectivity index (χ1) is 5.02. The highest BCUT2D eigenvalue weighted by molar-refractivity contribution is 4.72. The molecule has 0 heterocycles. The Bertz CT molecular complexity index is 91.5. The lowest BCUT2D eigenvalue weighted by atomic mass is 9.77. The molecule has 0 saturated carbocycles. The number of rotatable bonds is 4. The SMILES string of the molecule is CC[C@H](CCOC)C(C)(C)C. The molecular formula is C10H22O. The molecule has 0 fully saturated rings. The Morgan fingerprint density at radius 3 is 2.09 bits per heavy atom. The van der Waals surface area contributed by atoms with Gasteiger partial charge in [-0.2, -0.15) is 0 Å². The molecule has 0 aliphatic carbocycles. The molecule has 0 N–H and O–H groups in total. The van der Waals surface area contributed by atoms with Crippen molar-refractivity contribution in [2.24, 2.45) is 11.3 Å². The van der Waals surface area contributed by atoms with E-state index in [1.54, 1.807) is 7.11 Å². The maximum absolute atomic E-state index is 5.07. The van der Waals surface area contributed by atoms with Gasteiger partial charge in [0.15, 0.2) is 0 Å². The molecule has 0 aliphatic rings. The van der Waals surface area contributed by atoms with Crippen molar-refractivity contribution in [2.45, 2.75) is 40.5 Å². The molecule has 0 aromatic heterocycles. The van der Waals surface area contributed by atoms with E-state index in [4.69, 9.17) is 4.74 Å². The first-order valence-corrected chi connectivity index (χ1v) is 4.51. The van der Waals surface area contributed by atoms with Crippen LogP contribution in [0.15, 0.2) is 0 Å². The Balaban J connectivity index is 3.76. The molecule has 1 atom stereocenters. The van der Waals surface area contributed by atoms with Gasteiger partial charge in [0.25, 0.3) is 0 Å². The van der Waals surface area contributed by atoms with Crippen molar-refractivity contribution in [3.8, 4) is 0 Å². The topological polar surface area (TPSA) is 9.23 Å². The highest BCUT2D eigenvalue weighted by Gasteiger charge is 2.21. The summed E-state index contributed by atoms with van der Waals surface area (Å²) in [6.45, 7) is 10.1. The van der Waals surface area contributed by atoms with Gasteiger partial charge in [0.05, 0.1) is 0 Å². The zero-order chi connectivity index (χ0) is 8.91. The van der Waals surface area contributed by atoms with Crippen molar-refractivity contribution >= 4 is 0 Å². The minimum atomic E-state index is 0.438. The van der Waals surface area contributed by atoms with Crippen molar-refractivity contribution < 1.29 is 4.74 Å². The molecule has 0 bridgehead atoms. The molecule has 0 spiro atoms. The normalized spacial score (nSPS) is 15.0. The lowest BCUT2D eigenvalue weighted by Gasteiger charge is -2.29. The van der Waals surface area contributed by atoms with Crippen LogP contribution in [0.1, 0.15) is 40.5 Å². The fourth-order valence-corrected chi connectivity index (χ4v) is 1.51. The zero-order valence-corrected chi connectivity index (χ0v) is 8.61. The Hall–Kier alpha value is -0.0400. The fourth-order valence-electron chi connectivity index (χ4n) is 1.51. The quantitative estimate of drug-likeness (QED) is 0.611. The summed E-state index contributed by atoms with van der Waals surface area (Å²) in [5.74, 6) is 0.794. The van der Waals surface area contributed by atoms with E-state index in [1.165, 1.54) is 12.8 Å². The van der Waals surface area contributed by atoms with Crippen LogP contribution >= 0.6 is 0 Å². The lowest BCUT2D eigenvalue weighted by molar-refractivity contribution is 0.134. The minimum Gasteiger partial charge on any atom is -0.385 e. The number of hydrogen-bond acceptors (Lipinski definition) is 1. The Morgan fingerprint density at radius 2 is 1.82 bits per heavy atom. The van der Waals surface area contributed by atoms with Crippen LogP contribution in [0.4, 0.5) is 0 Å². The molecule has 0 saturated heterocycles. The number of methoxy groups -OCH3 is 1. The van der Waals surface area contributed by atoms with Crippen LogP contribution < -0.4 is 0 Å². The average Bonchev–Trinajstić information content (AvgIpc) is 1.87. The third-order valence-electron chi connectivity index (χ3n) is 2.39. The number of ether oxygens (including phenoxy) is 1. The molecule has 0 amide bonds. The van der Waals surface area contributed by atoms with Crippen LogP contribution in [0.25, 0.3) is 0 Å². The fraction of sp³-hybridized carbons (Fsp3) is 1.00. The van der Waals surface area contributed by atoms with E-state index in [1.807, 2.05) is 0 Å². The van der Waals surface area contributed by atoms with Crippen molar-refractivity contribution in [2.75, 3.05) is 13.7 Å². The molecule has 11 heavy (non-hydrogen) atoms. The summed E-state index contributed by atoms with van der Waals surface area (Å²) in [7, 11) is 1.77. The van der Waals surface area contributed by atoms with Crippen LogP contribution in [0.3, 0.4) is 0 Å². The van der Waals surface area contributed by atoms with E-state index in [2.05, 4.69) is 27.7 Å². The molecule has 68 valence electrons. The van der Waals surface area contributed by atoms with Crippen LogP contribution in [0.5, 0.6) is 0 Å². The summed E-state index contributed by atoms with van der Waals surface area (Å²) in [4.78, 5) is 0. The zero-order valence-electron chi connectivity index (χ0n) is 8.61. The first kappa shape index (κ1) is 11.0. The Labute approximate surface area is 71.1 Å². The first-order valence-electron chi connectivity index (χ1n) is 4.51. The molecule has 0 aromatic carbocycles. The van der Waals surface area contributed by atoms with Gasteiger partial charge < -0.3 is 4.74 Å². The van der Waals surface area contributed by atoms with Gasteiger partial charge in [-0.3, -0.25) is 0 Å². The van der Waals surface area contributed by atoms with Gasteiger partial charge in [-0.05, 0) is 17.8 Å². The van der Waals surface area contributed by atoms with E-state index < -0.39 is 0 Å². The highest BCUT2D eigenvalue weighted by Crippen LogP contribution is 2.30. The summed E-state index contributed by atoms with van der Waals surface area (Å²) < 4.78 is 5.07. The van der Waals surface area contributed by atoms with Crippen LogP contribution in [-0.4, -0.2) is 13.7 Å². The van der Waals surface area contributed by atoms with Gasteiger partial charge in [0, 0.05) is 13.7 Å². The molecule has 0 aromatic rings. The monoisotopic (exact) mass is 158 g/mol. The molecule has 0 rings (SSSR count). The van der Waals surface area contributed by atoms with Crippen molar-refractivity contribution in [3.05, 3.63) is 0 Å². The third-order valence-corrected chi connectivity index (χ3v) is 2.39. The van der Waals surface area contributed by atoms with E-state index in [0.717, 1.165) is 12.5 Å². The summed E-state index contributed by atoms with van der Waals surface area (Å²) in [6.07, 6.45) is 2.45. The average molecular weight is 158 g/mol. The largest absolute Gasteiger partial charge is 0.385 e. The van der Waals surface area contributed by atoms with Crippen LogP contribution in [0.2, 0.25) is 0 Å². The predicted octanol–water partition coefficient (Wildman–Crippen LogP) is 3.10. The van der Waals surface area contributed by atoms with Crippen molar-refractivity contribution in [1.82, 2.24) is 0 Å². The standard InChI is InChI=1S/C10H22O/c1-6-9(7-8-11-5)10(2,3)4/h9H,6-8H2,1-5H3/t9-/m1/s1. The molecule has 0 aliphatic heterocycles. The number of hydrogen-bond donors (Lipinski definition) is 0. The van der Waals surface area contributed by atoms with Crippen LogP contribution in [-0.2, 0) is 4.74 Å². The summed E-state index contributed by atoms with van der Waals surface area (Å²) >= 11 is 0. The third kappa shape index (κ3) is 4.41. The van der Waals surface area contributed by atoms with Gasteiger partial charge in [0.2, 0.25) is 0 Å². The second kappa shape index (κ2) is 4.76. The van der Waals surface area contributed by atoms with E-state index >= 15 is 0 Å². The van der Waals surface area contributed by atoms with Crippen molar-refractivity contribution in [3.63, 3.8) is 0 Å². The molecular weight excluding hydrogens is 136 g/mol. The highest BCUT2D eigenvalue weighted by atomic mass is 16.5.